The summed E-state index contributed by atoms with van der Waals surface area (Å²) in [5.74, 6) is 1.38. The van der Waals surface area contributed by atoms with Gasteiger partial charge in [-0.3, -0.25) is 9.89 Å². The largest absolute Gasteiger partial charge is 0.338 e. The number of nitrogens with zero attached hydrogens (tertiary/aromatic N) is 3. The highest BCUT2D eigenvalue weighted by Crippen LogP contribution is 2.37. The van der Waals surface area contributed by atoms with Crippen LogP contribution < -0.4 is 5.73 Å². The molecule has 1 aliphatic carbocycles. The number of amides is 1. The number of likely N-dealkylation sites (N-methyl/N-ethyl adjacent to an activating group) is 1. The molecule has 0 saturated heterocycles. The molecule has 82 valence electrons. The average Bonchev–Trinajstić information content (AvgIpc) is 2.96. The monoisotopic (exact) mass is 209 g/mol. The Hall–Kier alpha value is -1.43. The second-order valence-electron chi connectivity index (χ2n) is 3.83. The van der Waals surface area contributed by atoms with E-state index in [9.17, 15) is 4.79 Å². The Morgan fingerprint density at radius 2 is 2.40 bits per heavy atom. The molecule has 0 bridgehead atoms. The number of carbonyl (C=O) groups is 1. The van der Waals surface area contributed by atoms with Gasteiger partial charge in [0.1, 0.15) is 5.82 Å². The minimum absolute atomic E-state index is 0.177. The van der Waals surface area contributed by atoms with Crippen LogP contribution in [-0.2, 0) is 0 Å². The Labute approximate surface area is 87.9 Å². The van der Waals surface area contributed by atoms with Crippen LogP contribution in [0.2, 0.25) is 0 Å². The highest BCUT2D eigenvalue weighted by atomic mass is 16.2. The lowest BCUT2D eigenvalue weighted by atomic mass is 10.4. The first-order valence-electron chi connectivity index (χ1n) is 5.10. The lowest BCUT2D eigenvalue weighted by Crippen LogP contribution is -2.32. The van der Waals surface area contributed by atoms with Crippen LogP contribution in [0.4, 0.5) is 0 Å². The maximum atomic E-state index is 11.7. The zero-order valence-corrected chi connectivity index (χ0v) is 8.73. The topological polar surface area (TPSA) is 87.9 Å². The molecule has 1 amide bonds. The van der Waals surface area contributed by atoms with Gasteiger partial charge < -0.3 is 10.6 Å². The van der Waals surface area contributed by atoms with E-state index in [1.807, 2.05) is 0 Å². The normalized spacial score (nSPS) is 15.3. The third kappa shape index (κ3) is 2.15. The standard InChI is InChI=1S/C9H15N5O/c1-14(5-4-10)9(15)8-11-7(12-13-8)6-2-3-6/h6H,2-5,10H2,1H3,(H,11,12,13). The van der Waals surface area contributed by atoms with E-state index >= 15 is 0 Å². The summed E-state index contributed by atoms with van der Waals surface area (Å²) in [4.78, 5) is 17.4. The fraction of sp³-hybridized carbons (Fsp3) is 0.667. The highest BCUT2D eigenvalue weighted by molar-refractivity contribution is 5.90. The molecule has 0 atom stereocenters. The first-order chi connectivity index (χ1) is 7.22. The molecule has 1 aliphatic rings. The molecule has 1 fully saturated rings. The van der Waals surface area contributed by atoms with Crippen LogP contribution in [0.15, 0.2) is 0 Å². The van der Waals surface area contributed by atoms with Crippen molar-refractivity contribution in [3.05, 3.63) is 11.6 Å². The van der Waals surface area contributed by atoms with E-state index in [2.05, 4.69) is 15.2 Å². The molecule has 2 rings (SSSR count). The Kier molecular flexibility index (Phi) is 2.68. The number of nitrogens with one attached hydrogen (secondary N) is 1. The molecule has 15 heavy (non-hydrogen) atoms. The minimum Gasteiger partial charge on any atom is -0.338 e. The van der Waals surface area contributed by atoms with E-state index in [4.69, 9.17) is 5.73 Å². The first kappa shape index (κ1) is 10.1. The van der Waals surface area contributed by atoms with Crippen LogP contribution in [0.1, 0.15) is 35.2 Å². The molecule has 0 unspecified atom stereocenters. The number of rotatable bonds is 4. The van der Waals surface area contributed by atoms with E-state index < -0.39 is 0 Å². The van der Waals surface area contributed by atoms with Gasteiger partial charge in [-0.05, 0) is 12.8 Å². The molecule has 0 aromatic carbocycles. The quantitative estimate of drug-likeness (QED) is 0.713. The molecule has 1 aromatic rings. The van der Waals surface area contributed by atoms with Crippen molar-refractivity contribution in [1.29, 1.82) is 0 Å². The summed E-state index contributed by atoms with van der Waals surface area (Å²) >= 11 is 0. The van der Waals surface area contributed by atoms with Gasteiger partial charge in [-0.15, -0.1) is 5.10 Å². The molecule has 0 radical (unpaired) electrons. The average molecular weight is 209 g/mol. The molecular formula is C9H15N5O. The third-order valence-corrected chi connectivity index (χ3v) is 2.47. The third-order valence-electron chi connectivity index (χ3n) is 2.47. The van der Waals surface area contributed by atoms with Gasteiger partial charge in [0, 0.05) is 26.1 Å². The molecule has 0 spiro atoms. The molecule has 1 aromatic heterocycles. The summed E-state index contributed by atoms with van der Waals surface area (Å²) < 4.78 is 0. The maximum Gasteiger partial charge on any atom is 0.293 e. The number of hydrogen-bond acceptors (Lipinski definition) is 4. The van der Waals surface area contributed by atoms with Crippen LogP contribution >= 0.6 is 0 Å². The van der Waals surface area contributed by atoms with E-state index in [0.717, 1.165) is 18.7 Å². The van der Waals surface area contributed by atoms with Crippen LogP contribution in [-0.4, -0.2) is 46.1 Å². The SMILES string of the molecule is CN(CCN)C(=O)c1n[nH]c(C2CC2)n1. The van der Waals surface area contributed by atoms with Gasteiger partial charge in [-0.2, -0.15) is 0 Å². The van der Waals surface area contributed by atoms with Gasteiger partial charge in [0.15, 0.2) is 0 Å². The Bertz CT molecular complexity index is 357. The zero-order chi connectivity index (χ0) is 10.8. The van der Waals surface area contributed by atoms with Crippen molar-refractivity contribution in [2.75, 3.05) is 20.1 Å². The van der Waals surface area contributed by atoms with Crippen molar-refractivity contribution in [3.63, 3.8) is 0 Å². The van der Waals surface area contributed by atoms with Crippen molar-refractivity contribution >= 4 is 5.91 Å². The predicted octanol–water partition coefficient (Wildman–Crippen LogP) is -0.287. The molecular weight excluding hydrogens is 194 g/mol. The number of hydrogen-bond donors (Lipinski definition) is 2. The Balaban J connectivity index is 2.04. The highest BCUT2D eigenvalue weighted by Gasteiger charge is 2.28. The number of carbonyl (C=O) groups excluding carboxylic acids is 1. The van der Waals surface area contributed by atoms with Gasteiger partial charge in [0.25, 0.3) is 5.91 Å². The molecule has 0 aliphatic heterocycles. The van der Waals surface area contributed by atoms with E-state index in [-0.39, 0.29) is 11.7 Å². The number of nitrogens with two attached hydrogens (primary N) is 1. The van der Waals surface area contributed by atoms with E-state index in [1.165, 1.54) is 4.90 Å². The van der Waals surface area contributed by atoms with E-state index in [1.54, 1.807) is 7.05 Å². The summed E-state index contributed by atoms with van der Waals surface area (Å²) in [6.45, 7) is 0.967. The molecule has 1 heterocycles. The second kappa shape index (κ2) is 3.98. The zero-order valence-electron chi connectivity index (χ0n) is 8.73. The number of aromatic amines is 1. The fourth-order valence-electron chi connectivity index (χ4n) is 1.38. The lowest BCUT2D eigenvalue weighted by molar-refractivity contribution is 0.0787. The molecule has 1 saturated carbocycles. The lowest BCUT2D eigenvalue weighted by Gasteiger charge is -2.12. The van der Waals surface area contributed by atoms with Crippen LogP contribution in [0.25, 0.3) is 0 Å². The summed E-state index contributed by atoms with van der Waals surface area (Å²) in [7, 11) is 1.70. The van der Waals surface area contributed by atoms with Crippen molar-refractivity contribution in [3.8, 4) is 0 Å². The van der Waals surface area contributed by atoms with Crippen LogP contribution in [0, 0.1) is 0 Å². The predicted molar refractivity (Wildman–Crippen MR) is 54.4 cm³/mol. The summed E-state index contributed by atoms with van der Waals surface area (Å²) in [5, 5.41) is 6.72. The van der Waals surface area contributed by atoms with Gasteiger partial charge in [-0.1, -0.05) is 0 Å². The molecule has 6 heteroatoms. The van der Waals surface area contributed by atoms with Crippen molar-refractivity contribution in [2.24, 2.45) is 5.73 Å². The minimum atomic E-state index is -0.177. The summed E-state index contributed by atoms with van der Waals surface area (Å²) in [6, 6.07) is 0. The second-order valence-corrected chi connectivity index (χ2v) is 3.83. The van der Waals surface area contributed by atoms with Gasteiger partial charge in [0.2, 0.25) is 5.82 Å². The van der Waals surface area contributed by atoms with Gasteiger partial charge in [-0.25, -0.2) is 4.98 Å². The van der Waals surface area contributed by atoms with Crippen molar-refractivity contribution in [1.82, 2.24) is 20.1 Å². The number of H-pyrrole nitrogens is 1. The first-order valence-corrected chi connectivity index (χ1v) is 5.10. The number of aromatic nitrogens is 3. The molecule has 3 N–H and O–H groups in total. The van der Waals surface area contributed by atoms with E-state index in [0.29, 0.717) is 19.0 Å². The van der Waals surface area contributed by atoms with Crippen molar-refractivity contribution < 1.29 is 4.79 Å². The Morgan fingerprint density at radius 1 is 1.67 bits per heavy atom. The van der Waals surface area contributed by atoms with Gasteiger partial charge >= 0.3 is 0 Å². The van der Waals surface area contributed by atoms with Gasteiger partial charge in [0.05, 0.1) is 0 Å². The fourth-order valence-corrected chi connectivity index (χ4v) is 1.38. The summed E-state index contributed by atoms with van der Waals surface area (Å²) in [5.41, 5.74) is 5.37. The van der Waals surface area contributed by atoms with Crippen molar-refractivity contribution in [2.45, 2.75) is 18.8 Å². The van der Waals surface area contributed by atoms with Crippen LogP contribution in [0.3, 0.4) is 0 Å². The molecule has 6 nitrogen and oxygen atoms in total. The summed E-state index contributed by atoms with van der Waals surface area (Å²) in [6.07, 6.45) is 2.28. The smallest absolute Gasteiger partial charge is 0.293 e. The Morgan fingerprint density at radius 3 is 3.00 bits per heavy atom. The van der Waals surface area contributed by atoms with Crippen LogP contribution in [0.5, 0.6) is 0 Å². The maximum absolute atomic E-state index is 11.7.